The number of carbonyl (C=O) groups excluding carboxylic acids is 1. The van der Waals surface area contributed by atoms with Gasteiger partial charge in [-0.3, -0.25) is 9.48 Å². The average Bonchev–Trinajstić information content (AvgIpc) is 2.67. The fourth-order valence-electron chi connectivity index (χ4n) is 1.53. The molecule has 0 fully saturated rings. The van der Waals surface area contributed by atoms with E-state index in [-0.39, 0.29) is 12.2 Å². The number of ketones is 1. The van der Waals surface area contributed by atoms with Crippen molar-refractivity contribution in [2.75, 3.05) is 0 Å². The minimum Gasteiger partial charge on any atom is -0.294 e. The van der Waals surface area contributed by atoms with Crippen molar-refractivity contribution in [3.63, 3.8) is 0 Å². The number of Topliss-reactive ketones (excluding diaryl/α,β-unsaturated/α-hetero) is 1. The van der Waals surface area contributed by atoms with Crippen LogP contribution >= 0.6 is 27.5 Å². The molecule has 0 aliphatic carbocycles. The van der Waals surface area contributed by atoms with Gasteiger partial charge in [0.25, 0.3) is 0 Å². The number of aromatic nitrogens is 2. The second kappa shape index (κ2) is 5.02. The average molecular weight is 314 g/mol. The lowest BCUT2D eigenvalue weighted by Gasteiger charge is -2.03. The van der Waals surface area contributed by atoms with Gasteiger partial charge in [-0.05, 0) is 24.3 Å². The van der Waals surface area contributed by atoms with Crippen LogP contribution in [0, 0.1) is 0 Å². The number of hydrogen-bond donors (Lipinski definition) is 0. The molecule has 0 aliphatic heterocycles. The molecule has 0 amide bonds. The molecule has 0 N–H and O–H groups in total. The molecule has 0 aliphatic rings. The maximum absolute atomic E-state index is 12.1. The minimum absolute atomic E-state index is 0.00178. The van der Waals surface area contributed by atoms with Crippen LogP contribution in [0.5, 0.6) is 0 Å². The lowest BCUT2D eigenvalue weighted by atomic mass is 10.1. The summed E-state index contributed by atoms with van der Waals surface area (Å²) in [6, 6.07) is 7.00. The zero-order chi connectivity index (χ0) is 12.4. The van der Waals surface area contributed by atoms with Crippen molar-refractivity contribution in [1.82, 2.24) is 9.78 Å². The number of halogens is 2. The van der Waals surface area contributed by atoms with E-state index < -0.39 is 0 Å². The molecule has 0 atom stereocenters. The Balaban J connectivity index is 2.22. The second-order valence-electron chi connectivity index (χ2n) is 3.70. The number of nitrogens with zero attached hydrogens (tertiary/aromatic N) is 2. The van der Waals surface area contributed by atoms with Gasteiger partial charge in [0.05, 0.1) is 12.1 Å². The fraction of sp³-hybridized carbons (Fsp3) is 0.167. The predicted octanol–water partition coefficient (Wildman–Crippen LogP) is 3.26. The first-order valence-electron chi connectivity index (χ1n) is 5.03. The Labute approximate surface area is 113 Å². The van der Waals surface area contributed by atoms with E-state index >= 15 is 0 Å². The van der Waals surface area contributed by atoms with Crippen LogP contribution in [0.1, 0.15) is 16.1 Å². The van der Waals surface area contributed by atoms with Crippen molar-refractivity contribution >= 4 is 33.3 Å². The van der Waals surface area contributed by atoms with Crippen LogP contribution in [0.15, 0.2) is 34.9 Å². The van der Waals surface area contributed by atoms with Crippen LogP contribution in [0.2, 0.25) is 5.02 Å². The Hall–Kier alpha value is -1.13. The largest absolute Gasteiger partial charge is 0.294 e. The standard InChI is InChI=1S/C12H10BrClN2O/c1-16-5-4-9(15-16)7-12(17)10-6-8(14)2-3-11(10)13/h2-6H,7H2,1H3. The quantitative estimate of drug-likeness (QED) is 0.815. The molecular weight excluding hydrogens is 304 g/mol. The molecule has 1 heterocycles. The Morgan fingerprint density at radius 2 is 2.24 bits per heavy atom. The topological polar surface area (TPSA) is 34.9 Å². The molecule has 1 aromatic carbocycles. The number of hydrogen-bond acceptors (Lipinski definition) is 2. The van der Waals surface area contributed by atoms with Crippen LogP contribution in [-0.2, 0) is 13.5 Å². The van der Waals surface area contributed by atoms with Crippen LogP contribution in [0.4, 0.5) is 0 Å². The SMILES string of the molecule is Cn1ccc(CC(=O)c2cc(Cl)ccc2Br)n1. The number of benzene rings is 1. The highest BCUT2D eigenvalue weighted by molar-refractivity contribution is 9.10. The van der Waals surface area contributed by atoms with E-state index in [2.05, 4.69) is 21.0 Å². The number of aryl methyl sites for hydroxylation is 1. The maximum atomic E-state index is 12.1. The van der Waals surface area contributed by atoms with Crippen molar-refractivity contribution in [2.45, 2.75) is 6.42 Å². The van der Waals surface area contributed by atoms with Gasteiger partial charge in [0, 0.05) is 28.3 Å². The molecule has 1 aromatic heterocycles. The molecule has 0 saturated carbocycles. The highest BCUT2D eigenvalue weighted by Gasteiger charge is 2.12. The first-order valence-corrected chi connectivity index (χ1v) is 6.20. The van der Waals surface area contributed by atoms with Crippen molar-refractivity contribution < 1.29 is 4.79 Å². The molecule has 2 rings (SSSR count). The second-order valence-corrected chi connectivity index (χ2v) is 5.00. The smallest absolute Gasteiger partial charge is 0.170 e. The van der Waals surface area contributed by atoms with Gasteiger partial charge in [-0.2, -0.15) is 5.10 Å². The van der Waals surface area contributed by atoms with Crippen LogP contribution in [0.3, 0.4) is 0 Å². The predicted molar refractivity (Wildman–Crippen MR) is 70.4 cm³/mol. The molecule has 0 unspecified atom stereocenters. The molecular formula is C12H10BrClN2O. The van der Waals surface area contributed by atoms with Crippen molar-refractivity contribution in [1.29, 1.82) is 0 Å². The van der Waals surface area contributed by atoms with Gasteiger partial charge in [0.2, 0.25) is 0 Å². The third kappa shape index (κ3) is 2.96. The van der Waals surface area contributed by atoms with E-state index in [0.717, 1.165) is 10.2 Å². The summed E-state index contributed by atoms with van der Waals surface area (Å²) in [5.74, 6) is -0.00178. The molecule has 88 valence electrons. The van der Waals surface area contributed by atoms with Crippen LogP contribution in [0.25, 0.3) is 0 Å². The van der Waals surface area contributed by atoms with Gasteiger partial charge < -0.3 is 0 Å². The zero-order valence-electron chi connectivity index (χ0n) is 9.15. The summed E-state index contributed by atoms with van der Waals surface area (Å²) in [5, 5.41) is 4.73. The molecule has 3 nitrogen and oxygen atoms in total. The first kappa shape index (κ1) is 12.3. The monoisotopic (exact) mass is 312 g/mol. The summed E-state index contributed by atoms with van der Waals surface area (Å²) in [7, 11) is 1.82. The van der Waals surface area contributed by atoms with E-state index in [4.69, 9.17) is 11.6 Å². The van der Waals surface area contributed by atoms with E-state index in [1.54, 1.807) is 22.9 Å². The maximum Gasteiger partial charge on any atom is 0.170 e. The summed E-state index contributed by atoms with van der Waals surface area (Å²) < 4.78 is 2.43. The van der Waals surface area contributed by atoms with Crippen LogP contribution in [-0.4, -0.2) is 15.6 Å². The van der Waals surface area contributed by atoms with Gasteiger partial charge in [-0.1, -0.05) is 27.5 Å². The van der Waals surface area contributed by atoms with Gasteiger partial charge >= 0.3 is 0 Å². The van der Waals surface area contributed by atoms with Gasteiger partial charge in [-0.15, -0.1) is 0 Å². The number of rotatable bonds is 3. The third-order valence-electron chi connectivity index (χ3n) is 2.34. The molecule has 5 heteroatoms. The van der Waals surface area contributed by atoms with Crippen LogP contribution < -0.4 is 0 Å². The minimum atomic E-state index is -0.00178. The Morgan fingerprint density at radius 1 is 1.47 bits per heavy atom. The summed E-state index contributed by atoms with van der Waals surface area (Å²) >= 11 is 9.22. The molecule has 0 bridgehead atoms. The number of carbonyl (C=O) groups is 1. The first-order chi connectivity index (χ1) is 8.06. The van der Waals surface area contributed by atoms with Gasteiger partial charge in [-0.25, -0.2) is 0 Å². The molecule has 2 aromatic rings. The fourth-order valence-corrected chi connectivity index (χ4v) is 2.17. The zero-order valence-corrected chi connectivity index (χ0v) is 11.5. The lowest BCUT2D eigenvalue weighted by molar-refractivity contribution is 0.0991. The van der Waals surface area contributed by atoms with E-state index in [1.165, 1.54) is 0 Å². The summed E-state index contributed by atoms with van der Waals surface area (Å²) in [4.78, 5) is 12.1. The van der Waals surface area contributed by atoms with Gasteiger partial charge in [0.15, 0.2) is 5.78 Å². The van der Waals surface area contributed by atoms with Crippen molar-refractivity contribution in [2.24, 2.45) is 7.05 Å². The normalized spacial score (nSPS) is 10.5. The molecule has 0 radical (unpaired) electrons. The highest BCUT2D eigenvalue weighted by Crippen LogP contribution is 2.22. The summed E-state index contributed by atoms with van der Waals surface area (Å²) in [6.45, 7) is 0. The van der Waals surface area contributed by atoms with E-state index in [1.807, 2.05) is 19.3 Å². The van der Waals surface area contributed by atoms with Crippen molar-refractivity contribution in [3.8, 4) is 0 Å². The lowest BCUT2D eigenvalue weighted by Crippen LogP contribution is -2.05. The van der Waals surface area contributed by atoms with Gasteiger partial charge in [0.1, 0.15) is 0 Å². The van der Waals surface area contributed by atoms with E-state index in [0.29, 0.717) is 10.6 Å². The summed E-state index contributed by atoms with van der Waals surface area (Å²) in [5.41, 5.74) is 1.34. The molecule has 17 heavy (non-hydrogen) atoms. The van der Waals surface area contributed by atoms with E-state index in [9.17, 15) is 4.79 Å². The van der Waals surface area contributed by atoms with Crippen molar-refractivity contribution in [3.05, 3.63) is 51.2 Å². The molecule has 0 saturated heterocycles. The highest BCUT2D eigenvalue weighted by atomic mass is 79.9. The molecule has 0 spiro atoms. The Kier molecular flexibility index (Phi) is 3.64. The Bertz CT molecular complexity index is 565. The summed E-state index contributed by atoms with van der Waals surface area (Å²) in [6.07, 6.45) is 2.09. The Morgan fingerprint density at radius 3 is 2.88 bits per heavy atom. The third-order valence-corrected chi connectivity index (χ3v) is 3.27.